The van der Waals surface area contributed by atoms with Crippen LogP contribution in [0, 0.1) is 0 Å². The van der Waals surface area contributed by atoms with Crippen molar-refractivity contribution in [1.29, 1.82) is 0 Å². The molecule has 0 spiro atoms. The van der Waals surface area contributed by atoms with Crippen LogP contribution < -0.4 is 16.8 Å². The number of nitrogens with zero attached hydrogens (tertiary/aromatic N) is 2. The fourth-order valence-electron chi connectivity index (χ4n) is 5.48. The molecule has 0 bridgehead atoms. The summed E-state index contributed by atoms with van der Waals surface area (Å²) in [6.07, 6.45) is 1.41. The van der Waals surface area contributed by atoms with Crippen LogP contribution in [0.5, 0.6) is 0 Å². The van der Waals surface area contributed by atoms with Crippen LogP contribution in [0.15, 0.2) is 0 Å². The average Bonchev–Trinajstić information content (AvgIpc) is 3.54. The van der Waals surface area contributed by atoms with Gasteiger partial charge >= 0.3 is 0 Å². The van der Waals surface area contributed by atoms with Gasteiger partial charge < -0.3 is 40.8 Å². The predicted octanol–water partition coefficient (Wildman–Crippen LogP) is 0.0535. The molecule has 5 N–H and O–H groups in total. The number of nitrogens with two attached hydrogens (primary N) is 2. The van der Waals surface area contributed by atoms with Gasteiger partial charge in [-0.3, -0.25) is 19.2 Å². The quantitative estimate of drug-likeness (QED) is 0.410. The normalized spacial score (nSPS) is 35.2. The van der Waals surface area contributed by atoms with Crippen LogP contribution in [0.3, 0.4) is 0 Å². The molecule has 3 heterocycles. The Labute approximate surface area is 231 Å². The highest BCUT2D eigenvalue weighted by atomic mass is 16.6. The van der Waals surface area contributed by atoms with Gasteiger partial charge in [-0.25, -0.2) is 0 Å². The van der Waals surface area contributed by atoms with Gasteiger partial charge in [-0.05, 0) is 73.6 Å². The summed E-state index contributed by atoms with van der Waals surface area (Å²) >= 11 is 0. The van der Waals surface area contributed by atoms with E-state index >= 15 is 0 Å². The molecule has 3 fully saturated rings. The molecular formula is C27H47N5O7. The molecule has 6 unspecified atom stereocenters. The lowest BCUT2D eigenvalue weighted by Gasteiger charge is -2.37. The van der Waals surface area contributed by atoms with E-state index in [0.717, 1.165) is 0 Å². The molecule has 0 aromatic carbocycles. The molecular weight excluding hydrogens is 506 g/mol. The minimum absolute atomic E-state index is 0.238. The number of rotatable bonds is 1. The number of carbonyl (C=O) groups is 4. The maximum atomic E-state index is 13.7. The summed E-state index contributed by atoms with van der Waals surface area (Å²) in [6, 6.07) is -3.51. The van der Waals surface area contributed by atoms with Gasteiger partial charge in [0.25, 0.3) is 0 Å². The zero-order valence-electron chi connectivity index (χ0n) is 24.2. The topological polar surface area (TPSA) is 167 Å². The van der Waals surface area contributed by atoms with Crippen LogP contribution >= 0.6 is 0 Å². The first-order chi connectivity index (χ1) is 18.1. The zero-order chi connectivity index (χ0) is 29.1. The summed E-state index contributed by atoms with van der Waals surface area (Å²) < 4.78 is 18.2. The molecule has 12 nitrogen and oxygen atoms in total. The summed E-state index contributed by atoms with van der Waals surface area (Å²) in [7, 11) is 0. The molecule has 222 valence electrons. The van der Waals surface area contributed by atoms with Gasteiger partial charge in [-0.2, -0.15) is 0 Å². The number of hydrogen-bond donors (Lipinski definition) is 3. The van der Waals surface area contributed by atoms with Crippen LogP contribution in [0.2, 0.25) is 0 Å². The van der Waals surface area contributed by atoms with E-state index < -0.39 is 59.4 Å². The number of hydrogen-bond acceptors (Lipinski definition) is 8. The van der Waals surface area contributed by atoms with E-state index in [1.54, 1.807) is 13.8 Å². The van der Waals surface area contributed by atoms with Gasteiger partial charge in [-0.15, -0.1) is 0 Å². The molecule has 6 atom stereocenters. The third-order valence-corrected chi connectivity index (χ3v) is 7.92. The maximum absolute atomic E-state index is 13.7. The Balaban J connectivity index is 1.89. The van der Waals surface area contributed by atoms with Crippen molar-refractivity contribution in [2.45, 2.75) is 121 Å². The summed E-state index contributed by atoms with van der Waals surface area (Å²) in [6.45, 7) is 12.3. The second-order valence-electron chi connectivity index (χ2n) is 12.3. The number of fused-ring (bicyclic) bond motifs is 2. The molecule has 0 aromatic rings. The second-order valence-corrected chi connectivity index (χ2v) is 12.3. The molecule has 39 heavy (non-hydrogen) atoms. The standard InChI is InChI=1S/C27H47N5O7/c1-16-20(28)25(36)32-13-8-10-19(32)24(35)31-12-7-9-18(31)23(34)30-21(22(29)33)17(2)37-14-11-26(3,4)38-15-27(5,6)39-16/h16-21H,7-15,28H2,1-6H3,(H2,29,33)(H,30,34). The SMILES string of the molecule is CC1OC(C)(C)COC(C)(C)CCOC(C)C(C(N)=O)NC(=O)C2CCCN2C(=O)C2CCCN2C(=O)C1N. The van der Waals surface area contributed by atoms with Crippen LogP contribution in [0.25, 0.3) is 0 Å². The average molecular weight is 554 g/mol. The Hall–Kier alpha value is -2.28. The molecule has 3 saturated heterocycles. The largest absolute Gasteiger partial charge is 0.376 e. The highest BCUT2D eigenvalue weighted by Gasteiger charge is 2.44. The molecule has 0 aromatic heterocycles. The molecule has 0 saturated carbocycles. The third kappa shape index (κ3) is 7.68. The smallest absolute Gasteiger partial charge is 0.246 e. The number of ether oxygens (including phenoxy) is 3. The first-order valence-corrected chi connectivity index (χ1v) is 14.0. The second kappa shape index (κ2) is 12.5. The van der Waals surface area contributed by atoms with E-state index in [0.29, 0.717) is 45.2 Å². The van der Waals surface area contributed by atoms with Crippen LogP contribution in [-0.4, -0.2) is 107 Å². The van der Waals surface area contributed by atoms with Gasteiger partial charge in [-0.1, -0.05) is 0 Å². The maximum Gasteiger partial charge on any atom is 0.246 e. The lowest BCUT2D eigenvalue weighted by Crippen LogP contribution is -2.59. The van der Waals surface area contributed by atoms with Crippen molar-refractivity contribution in [3.05, 3.63) is 0 Å². The Kier molecular flexibility index (Phi) is 10.0. The molecule has 4 amide bonds. The van der Waals surface area contributed by atoms with Crippen molar-refractivity contribution in [3.63, 3.8) is 0 Å². The van der Waals surface area contributed by atoms with Gasteiger partial charge in [0.1, 0.15) is 24.2 Å². The van der Waals surface area contributed by atoms with Crippen molar-refractivity contribution in [1.82, 2.24) is 15.1 Å². The summed E-state index contributed by atoms with van der Waals surface area (Å²) in [5.74, 6) is -1.83. The lowest BCUT2D eigenvalue weighted by molar-refractivity contribution is -0.161. The van der Waals surface area contributed by atoms with Gasteiger partial charge in [0, 0.05) is 19.7 Å². The van der Waals surface area contributed by atoms with E-state index in [4.69, 9.17) is 25.7 Å². The van der Waals surface area contributed by atoms with E-state index in [2.05, 4.69) is 5.32 Å². The molecule has 0 aliphatic carbocycles. The molecule has 3 rings (SSSR count). The summed E-state index contributed by atoms with van der Waals surface area (Å²) in [4.78, 5) is 55.7. The summed E-state index contributed by atoms with van der Waals surface area (Å²) in [5, 5.41) is 2.71. The highest BCUT2D eigenvalue weighted by Crippen LogP contribution is 2.27. The first-order valence-electron chi connectivity index (χ1n) is 14.0. The predicted molar refractivity (Wildman–Crippen MR) is 143 cm³/mol. The fraction of sp³-hybridized carbons (Fsp3) is 0.852. The monoisotopic (exact) mass is 553 g/mol. The lowest BCUT2D eigenvalue weighted by atomic mass is 10.0. The molecule has 3 aliphatic rings. The molecule has 0 radical (unpaired) electrons. The first kappa shape index (κ1) is 31.3. The Morgan fingerprint density at radius 1 is 0.923 bits per heavy atom. The number of primary amides is 1. The Morgan fingerprint density at radius 3 is 2.13 bits per heavy atom. The van der Waals surface area contributed by atoms with E-state index in [-0.39, 0.29) is 25.0 Å². The zero-order valence-corrected chi connectivity index (χ0v) is 24.2. The Morgan fingerprint density at radius 2 is 1.51 bits per heavy atom. The number of nitrogens with one attached hydrogen (secondary N) is 1. The van der Waals surface area contributed by atoms with Crippen molar-refractivity contribution in [2.24, 2.45) is 11.5 Å². The number of amides is 4. The van der Waals surface area contributed by atoms with E-state index in [1.807, 2.05) is 27.7 Å². The summed E-state index contributed by atoms with van der Waals surface area (Å²) in [5.41, 5.74) is 10.7. The van der Waals surface area contributed by atoms with Gasteiger partial charge in [0.05, 0.1) is 30.0 Å². The minimum Gasteiger partial charge on any atom is -0.376 e. The number of carbonyl (C=O) groups excluding carboxylic acids is 4. The van der Waals surface area contributed by atoms with Crippen LogP contribution in [0.4, 0.5) is 0 Å². The minimum atomic E-state index is -1.07. The molecule has 3 aliphatic heterocycles. The van der Waals surface area contributed by atoms with Crippen molar-refractivity contribution in [2.75, 3.05) is 26.3 Å². The van der Waals surface area contributed by atoms with Crippen LogP contribution in [0.1, 0.15) is 73.6 Å². The van der Waals surface area contributed by atoms with E-state index in [1.165, 1.54) is 9.80 Å². The van der Waals surface area contributed by atoms with Crippen molar-refractivity contribution >= 4 is 23.6 Å². The van der Waals surface area contributed by atoms with Gasteiger partial charge in [0.15, 0.2) is 0 Å². The van der Waals surface area contributed by atoms with Gasteiger partial charge in [0.2, 0.25) is 23.6 Å². The van der Waals surface area contributed by atoms with E-state index in [9.17, 15) is 19.2 Å². The van der Waals surface area contributed by atoms with Crippen molar-refractivity contribution in [3.8, 4) is 0 Å². The fourth-order valence-corrected chi connectivity index (χ4v) is 5.48. The van der Waals surface area contributed by atoms with Crippen LogP contribution in [-0.2, 0) is 33.4 Å². The highest BCUT2D eigenvalue weighted by molar-refractivity contribution is 5.95. The van der Waals surface area contributed by atoms with Crippen molar-refractivity contribution < 1.29 is 33.4 Å². The molecule has 12 heteroatoms. The third-order valence-electron chi connectivity index (χ3n) is 7.92. The Bertz CT molecular complexity index is 926.